The largest absolute Gasteiger partial charge is 0.398 e. The minimum Gasteiger partial charge on any atom is -0.398 e. The van der Waals surface area contributed by atoms with Gasteiger partial charge in [0.25, 0.3) is 0 Å². The molecule has 2 heterocycles. The Morgan fingerprint density at radius 1 is 1.23 bits per heavy atom. The van der Waals surface area contributed by atoms with Gasteiger partial charge in [-0.05, 0) is 36.1 Å². The van der Waals surface area contributed by atoms with Crippen LogP contribution in [0.5, 0.6) is 0 Å². The summed E-state index contributed by atoms with van der Waals surface area (Å²) in [6.07, 6.45) is 4.21. The van der Waals surface area contributed by atoms with Crippen molar-refractivity contribution in [2.45, 2.75) is 26.2 Å². The Morgan fingerprint density at radius 3 is 2.64 bits per heavy atom. The van der Waals surface area contributed by atoms with Crippen LogP contribution in [0.1, 0.15) is 30.9 Å². The van der Waals surface area contributed by atoms with Crippen LogP contribution >= 0.6 is 0 Å². The lowest BCUT2D eigenvalue weighted by Gasteiger charge is -2.29. The Bertz CT molecular complexity index is 679. The molecule has 0 aliphatic carbocycles. The van der Waals surface area contributed by atoms with E-state index in [-0.39, 0.29) is 11.8 Å². The van der Waals surface area contributed by atoms with E-state index in [0.29, 0.717) is 18.7 Å². The third kappa shape index (κ3) is 2.47. The third-order valence-corrected chi connectivity index (χ3v) is 4.59. The molecule has 0 saturated carbocycles. The van der Waals surface area contributed by atoms with E-state index in [2.05, 4.69) is 12.1 Å². The van der Waals surface area contributed by atoms with E-state index < -0.39 is 0 Å². The number of nitrogens with two attached hydrogens (primary N) is 1. The highest BCUT2D eigenvalue weighted by Gasteiger charge is 2.23. The Kier molecular flexibility index (Phi) is 3.64. The summed E-state index contributed by atoms with van der Waals surface area (Å²) in [6, 6.07) is 4.02. The predicted molar refractivity (Wildman–Crippen MR) is 87.4 cm³/mol. The summed E-state index contributed by atoms with van der Waals surface area (Å²) in [7, 11) is 1.80. The zero-order chi connectivity index (χ0) is 15.9. The first-order valence-electron chi connectivity index (χ1n) is 7.61. The van der Waals surface area contributed by atoms with Crippen molar-refractivity contribution >= 4 is 28.8 Å². The molecule has 0 radical (unpaired) electrons. The zero-order valence-corrected chi connectivity index (χ0v) is 13.1. The fraction of sp³-hybridized carbons (Fsp3) is 0.412. The number of carbonyl (C=O) groups is 2. The van der Waals surface area contributed by atoms with Crippen molar-refractivity contribution in [1.82, 2.24) is 4.90 Å². The maximum absolute atomic E-state index is 11.8. The van der Waals surface area contributed by atoms with Crippen LogP contribution in [0.25, 0.3) is 5.57 Å². The fourth-order valence-corrected chi connectivity index (χ4v) is 3.18. The summed E-state index contributed by atoms with van der Waals surface area (Å²) >= 11 is 0. The molecule has 0 bridgehead atoms. The highest BCUT2D eigenvalue weighted by Crippen LogP contribution is 2.35. The summed E-state index contributed by atoms with van der Waals surface area (Å²) in [5.74, 6) is 0.238. The second-order valence-corrected chi connectivity index (χ2v) is 5.97. The maximum atomic E-state index is 11.8. The first-order valence-corrected chi connectivity index (χ1v) is 7.61. The number of amides is 2. The molecule has 3 rings (SSSR count). The van der Waals surface area contributed by atoms with Gasteiger partial charge in [-0.3, -0.25) is 9.59 Å². The molecule has 0 saturated heterocycles. The molecule has 0 aromatic heterocycles. The van der Waals surface area contributed by atoms with Crippen LogP contribution in [0.15, 0.2) is 18.2 Å². The van der Waals surface area contributed by atoms with Crippen molar-refractivity contribution in [1.29, 1.82) is 0 Å². The molecule has 2 amide bonds. The average molecular weight is 299 g/mol. The van der Waals surface area contributed by atoms with Crippen molar-refractivity contribution in [3.63, 3.8) is 0 Å². The van der Waals surface area contributed by atoms with Gasteiger partial charge in [-0.25, -0.2) is 0 Å². The molecule has 22 heavy (non-hydrogen) atoms. The molecule has 5 nitrogen and oxygen atoms in total. The normalized spacial score (nSPS) is 18.1. The number of benzene rings is 1. The molecule has 0 spiro atoms. The SMILES string of the molecule is CC(=O)N1CC=C(c2cc3c(cc2N)N(C)C(=O)CC3)CC1. The second-order valence-electron chi connectivity index (χ2n) is 5.97. The van der Waals surface area contributed by atoms with E-state index in [1.54, 1.807) is 18.9 Å². The number of nitrogen functional groups attached to an aromatic ring is 1. The summed E-state index contributed by atoms with van der Waals surface area (Å²) in [5, 5.41) is 0. The van der Waals surface area contributed by atoms with Gasteiger partial charge in [0.05, 0.1) is 0 Å². The molecule has 0 atom stereocenters. The van der Waals surface area contributed by atoms with Crippen LogP contribution in [-0.4, -0.2) is 36.9 Å². The van der Waals surface area contributed by atoms with Gasteiger partial charge in [-0.15, -0.1) is 0 Å². The standard InChI is InChI=1S/C17H21N3O2/c1-11(21)20-7-5-12(6-8-20)14-9-13-3-4-17(22)19(2)16(13)10-15(14)18/h5,9-10H,3-4,6-8,18H2,1-2H3. The van der Waals surface area contributed by atoms with Crippen molar-refractivity contribution in [3.05, 3.63) is 29.3 Å². The Labute approximate surface area is 130 Å². The van der Waals surface area contributed by atoms with Gasteiger partial charge in [-0.2, -0.15) is 0 Å². The number of rotatable bonds is 1. The third-order valence-electron chi connectivity index (χ3n) is 4.59. The summed E-state index contributed by atoms with van der Waals surface area (Å²) in [4.78, 5) is 26.7. The van der Waals surface area contributed by atoms with Crippen LogP contribution in [-0.2, 0) is 16.0 Å². The summed E-state index contributed by atoms with van der Waals surface area (Å²) < 4.78 is 0. The highest BCUT2D eigenvalue weighted by molar-refractivity contribution is 5.97. The summed E-state index contributed by atoms with van der Waals surface area (Å²) in [5.41, 5.74) is 11.2. The number of carbonyl (C=O) groups excluding carboxylic acids is 2. The monoisotopic (exact) mass is 299 g/mol. The number of nitrogens with zero attached hydrogens (tertiary/aromatic N) is 2. The van der Waals surface area contributed by atoms with Crippen LogP contribution in [0.3, 0.4) is 0 Å². The Morgan fingerprint density at radius 2 is 2.00 bits per heavy atom. The quantitative estimate of drug-likeness (QED) is 0.804. The van der Waals surface area contributed by atoms with Crippen LogP contribution < -0.4 is 10.6 Å². The Hall–Kier alpha value is -2.30. The maximum Gasteiger partial charge on any atom is 0.227 e. The van der Waals surface area contributed by atoms with Gasteiger partial charge in [0.2, 0.25) is 11.8 Å². The van der Waals surface area contributed by atoms with E-state index in [9.17, 15) is 9.59 Å². The molecule has 2 N–H and O–H groups in total. The van der Waals surface area contributed by atoms with E-state index in [0.717, 1.165) is 30.6 Å². The fourth-order valence-electron chi connectivity index (χ4n) is 3.18. The predicted octanol–water partition coefficient (Wildman–Crippen LogP) is 1.81. The van der Waals surface area contributed by atoms with Crippen LogP contribution in [0.2, 0.25) is 0 Å². The molecule has 2 aliphatic heterocycles. The molecule has 0 unspecified atom stereocenters. The van der Waals surface area contributed by atoms with Gasteiger partial charge in [0.15, 0.2) is 0 Å². The van der Waals surface area contributed by atoms with E-state index >= 15 is 0 Å². The molecule has 1 aromatic carbocycles. The lowest BCUT2D eigenvalue weighted by atomic mass is 9.92. The number of hydrogen-bond acceptors (Lipinski definition) is 3. The van der Waals surface area contributed by atoms with Crippen LogP contribution in [0, 0.1) is 0 Å². The molecule has 116 valence electrons. The first kappa shape index (κ1) is 14.6. The molecule has 0 fully saturated rings. The minimum absolute atomic E-state index is 0.105. The zero-order valence-electron chi connectivity index (χ0n) is 13.1. The number of anilines is 2. The molecular formula is C17H21N3O2. The summed E-state index contributed by atoms with van der Waals surface area (Å²) in [6.45, 7) is 2.97. The van der Waals surface area contributed by atoms with Crippen molar-refractivity contribution < 1.29 is 9.59 Å². The molecular weight excluding hydrogens is 278 g/mol. The topological polar surface area (TPSA) is 66.6 Å². The molecule has 1 aromatic rings. The number of aryl methyl sites for hydroxylation is 1. The number of fused-ring (bicyclic) bond motifs is 1. The minimum atomic E-state index is 0.105. The molecule has 2 aliphatic rings. The van der Waals surface area contributed by atoms with E-state index in [4.69, 9.17) is 5.73 Å². The van der Waals surface area contributed by atoms with Crippen LogP contribution in [0.4, 0.5) is 11.4 Å². The van der Waals surface area contributed by atoms with Crippen molar-refractivity contribution in [2.24, 2.45) is 0 Å². The van der Waals surface area contributed by atoms with Gasteiger partial charge in [0.1, 0.15) is 0 Å². The smallest absolute Gasteiger partial charge is 0.227 e. The van der Waals surface area contributed by atoms with Crippen molar-refractivity contribution in [3.8, 4) is 0 Å². The van der Waals surface area contributed by atoms with Crippen molar-refractivity contribution in [2.75, 3.05) is 30.8 Å². The average Bonchev–Trinajstić information content (AvgIpc) is 2.51. The first-order chi connectivity index (χ1) is 10.5. The lowest BCUT2D eigenvalue weighted by molar-refractivity contribution is -0.128. The van der Waals surface area contributed by atoms with Gasteiger partial charge in [0, 0.05) is 50.4 Å². The molecule has 5 heteroatoms. The van der Waals surface area contributed by atoms with E-state index in [1.807, 2.05) is 11.0 Å². The number of hydrogen-bond donors (Lipinski definition) is 1. The second kappa shape index (κ2) is 5.48. The lowest BCUT2D eigenvalue weighted by Crippen LogP contribution is -2.33. The van der Waals surface area contributed by atoms with Gasteiger partial charge >= 0.3 is 0 Å². The Balaban J connectivity index is 1.93. The highest BCUT2D eigenvalue weighted by atomic mass is 16.2. The van der Waals surface area contributed by atoms with Gasteiger partial charge in [-0.1, -0.05) is 6.08 Å². The van der Waals surface area contributed by atoms with Gasteiger partial charge < -0.3 is 15.5 Å². The van der Waals surface area contributed by atoms with E-state index in [1.165, 1.54) is 11.1 Å².